The summed E-state index contributed by atoms with van der Waals surface area (Å²) in [6, 6.07) is 0. The van der Waals surface area contributed by atoms with Gasteiger partial charge in [0.05, 0.1) is 12.5 Å². The van der Waals surface area contributed by atoms with Crippen LogP contribution < -0.4 is 0 Å². The molecule has 0 spiro atoms. The van der Waals surface area contributed by atoms with Crippen LogP contribution in [0.25, 0.3) is 0 Å². The van der Waals surface area contributed by atoms with Gasteiger partial charge in [0.1, 0.15) is 0 Å². The molecule has 1 saturated carbocycles. The van der Waals surface area contributed by atoms with E-state index in [1.807, 2.05) is 6.92 Å². The molecule has 3 nitrogen and oxygen atoms in total. The molecule has 0 radical (unpaired) electrons. The van der Waals surface area contributed by atoms with Gasteiger partial charge in [-0.25, -0.2) is 0 Å². The molecule has 0 amide bonds. The zero-order valence-electron chi connectivity index (χ0n) is 7.99. The van der Waals surface area contributed by atoms with E-state index in [0.717, 1.165) is 12.8 Å². The third kappa shape index (κ3) is 2.02. The minimum Gasteiger partial charge on any atom is -0.435 e. The van der Waals surface area contributed by atoms with Gasteiger partial charge in [0.2, 0.25) is 6.29 Å². The summed E-state index contributed by atoms with van der Waals surface area (Å²) in [6.07, 6.45) is 5.33. The molecule has 0 aromatic carbocycles. The van der Waals surface area contributed by atoms with E-state index in [-0.39, 0.29) is 18.2 Å². The highest BCUT2D eigenvalue weighted by atomic mass is 16.7. The second-order valence-corrected chi connectivity index (χ2v) is 4.08. The maximum Gasteiger partial charge on any atom is 0.308 e. The second kappa shape index (κ2) is 3.66. The standard InChI is InChI=1S/C10H16O3/c1-7-6-9(11)13-10(7)12-8-4-2-3-5-8/h7-8,10H,2-6H2,1H3/t7?,10-/m1/s1. The van der Waals surface area contributed by atoms with Gasteiger partial charge in [-0.2, -0.15) is 0 Å². The van der Waals surface area contributed by atoms with Gasteiger partial charge in [-0.1, -0.05) is 19.8 Å². The fraction of sp³-hybridized carbons (Fsp3) is 0.900. The Balaban J connectivity index is 1.83. The predicted octanol–water partition coefficient (Wildman–Crippen LogP) is 1.85. The largest absolute Gasteiger partial charge is 0.435 e. The van der Waals surface area contributed by atoms with Gasteiger partial charge >= 0.3 is 5.97 Å². The molecule has 1 saturated heterocycles. The third-order valence-electron chi connectivity index (χ3n) is 2.83. The third-order valence-corrected chi connectivity index (χ3v) is 2.83. The zero-order valence-corrected chi connectivity index (χ0v) is 7.99. The topological polar surface area (TPSA) is 35.5 Å². The normalized spacial score (nSPS) is 35.3. The quantitative estimate of drug-likeness (QED) is 0.614. The number of carbonyl (C=O) groups excluding carboxylic acids is 1. The van der Waals surface area contributed by atoms with Crippen LogP contribution in [0.2, 0.25) is 0 Å². The molecule has 3 heteroatoms. The number of ether oxygens (including phenoxy) is 2. The zero-order chi connectivity index (χ0) is 9.26. The molecule has 0 aromatic rings. The lowest BCUT2D eigenvalue weighted by atomic mass is 10.1. The Kier molecular flexibility index (Phi) is 2.54. The van der Waals surface area contributed by atoms with E-state index in [4.69, 9.17) is 9.47 Å². The van der Waals surface area contributed by atoms with Crippen LogP contribution in [-0.2, 0) is 14.3 Å². The van der Waals surface area contributed by atoms with Crippen LogP contribution in [0.5, 0.6) is 0 Å². The van der Waals surface area contributed by atoms with Gasteiger partial charge in [0.15, 0.2) is 0 Å². The first-order valence-corrected chi connectivity index (χ1v) is 5.10. The van der Waals surface area contributed by atoms with E-state index in [0.29, 0.717) is 12.5 Å². The summed E-state index contributed by atoms with van der Waals surface area (Å²) in [4.78, 5) is 10.9. The fourth-order valence-electron chi connectivity index (χ4n) is 2.03. The highest BCUT2D eigenvalue weighted by molar-refractivity contribution is 5.71. The minimum atomic E-state index is -0.268. The van der Waals surface area contributed by atoms with Crippen LogP contribution in [0.4, 0.5) is 0 Å². The van der Waals surface area contributed by atoms with Gasteiger partial charge in [-0.3, -0.25) is 4.79 Å². The molecule has 13 heavy (non-hydrogen) atoms. The van der Waals surface area contributed by atoms with Crippen molar-refractivity contribution in [2.75, 3.05) is 0 Å². The number of esters is 1. The van der Waals surface area contributed by atoms with Gasteiger partial charge in [-0.05, 0) is 12.8 Å². The first kappa shape index (κ1) is 9.00. The molecule has 1 aliphatic carbocycles. The number of hydrogen-bond donors (Lipinski definition) is 0. The molecule has 1 heterocycles. The maximum atomic E-state index is 10.9. The van der Waals surface area contributed by atoms with Crippen LogP contribution in [0.15, 0.2) is 0 Å². The van der Waals surface area contributed by atoms with E-state index in [1.165, 1.54) is 12.8 Å². The van der Waals surface area contributed by atoms with E-state index in [9.17, 15) is 4.79 Å². The molecule has 0 bridgehead atoms. The van der Waals surface area contributed by atoms with Crippen molar-refractivity contribution in [2.24, 2.45) is 5.92 Å². The molecule has 2 aliphatic rings. The Morgan fingerprint density at radius 1 is 1.38 bits per heavy atom. The Bertz CT molecular complexity index is 196. The van der Waals surface area contributed by atoms with Crippen molar-refractivity contribution in [2.45, 2.75) is 51.4 Å². The second-order valence-electron chi connectivity index (χ2n) is 4.08. The maximum absolute atomic E-state index is 10.9. The molecular formula is C10H16O3. The van der Waals surface area contributed by atoms with E-state index < -0.39 is 0 Å². The molecule has 74 valence electrons. The van der Waals surface area contributed by atoms with Crippen molar-refractivity contribution in [3.63, 3.8) is 0 Å². The van der Waals surface area contributed by atoms with Crippen LogP contribution >= 0.6 is 0 Å². The van der Waals surface area contributed by atoms with Gasteiger partial charge in [0.25, 0.3) is 0 Å². The molecule has 2 rings (SSSR count). The summed E-state index contributed by atoms with van der Waals surface area (Å²) in [5.74, 6) is 0.114. The number of carbonyl (C=O) groups is 1. The summed E-state index contributed by atoms with van der Waals surface area (Å²) in [5.41, 5.74) is 0. The first-order chi connectivity index (χ1) is 6.25. The SMILES string of the molecule is CC1CC(=O)O[C@H]1OC1CCCC1. The van der Waals surface area contributed by atoms with Crippen molar-refractivity contribution in [3.8, 4) is 0 Å². The highest BCUT2D eigenvalue weighted by Gasteiger charge is 2.34. The molecule has 2 fully saturated rings. The van der Waals surface area contributed by atoms with Crippen molar-refractivity contribution in [3.05, 3.63) is 0 Å². The molecule has 0 N–H and O–H groups in total. The summed E-state index contributed by atoms with van der Waals surface area (Å²) >= 11 is 0. The number of rotatable bonds is 2. The smallest absolute Gasteiger partial charge is 0.308 e. The molecule has 1 aliphatic heterocycles. The lowest BCUT2D eigenvalue weighted by Gasteiger charge is -2.19. The number of hydrogen-bond acceptors (Lipinski definition) is 3. The van der Waals surface area contributed by atoms with Gasteiger partial charge in [-0.15, -0.1) is 0 Å². The van der Waals surface area contributed by atoms with Crippen molar-refractivity contribution in [1.29, 1.82) is 0 Å². The highest BCUT2D eigenvalue weighted by Crippen LogP contribution is 2.28. The molecule has 2 atom stereocenters. The van der Waals surface area contributed by atoms with E-state index >= 15 is 0 Å². The van der Waals surface area contributed by atoms with Gasteiger partial charge in [0, 0.05) is 5.92 Å². The van der Waals surface area contributed by atoms with Crippen molar-refractivity contribution < 1.29 is 14.3 Å². The average Bonchev–Trinajstić information content (AvgIpc) is 2.63. The van der Waals surface area contributed by atoms with Crippen LogP contribution in [-0.4, -0.2) is 18.4 Å². The Morgan fingerprint density at radius 2 is 2.08 bits per heavy atom. The van der Waals surface area contributed by atoms with Crippen LogP contribution in [0.3, 0.4) is 0 Å². The Labute approximate surface area is 78.4 Å². The molecule has 0 aromatic heterocycles. The Hall–Kier alpha value is -0.570. The number of cyclic esters (lactones) is 1. The monoisotopic (exact) mass is 184 g/mol. The first-order valence-electron chi connectivity index (χ1n) is 5.10. The lowest BCUT2D eigenvalue weighted by molar-refractivity contribution is -0.177. The Morgan fingerprint density at radius 3 is 2.62 bits per heavy atom. The van der Waals surface area contributed by atoms with E-state index in [2.05, 4.69) is 0 Å². The molecule has 1 unspecified atom stereocenters. The van der Waals surface area contributed by atoms with Crippen molar-refractivity contribution >= 4 is 5.97 Å². The van der Waals surface area contributed by atoms with Gasteiger partial charge < -0.3 is 9.47 Å². The van der Waals surface area contributed by atoms with Crippen LogP contribution in [0, 0.1) is 5.92 Å². The summed E-state index contributed by atoms with van der Waals surface area (Å²) < 4.78 is 10.8. The lowest BCUT2D eigenvalue weighted by Crippen LogP contribution is -2.23. The fourth-order valence-corrected chi connectivity index (χ4v) is 2.03. The van der Waals surface area contributed by atoms with Crippen molar-refractivity contribution in [1.82, 2.24) is 0 Å². The predicted molar refractivity (Wildman–Crippen MR) is 47.0 cm³/mol. The summed E-state index contributed by atoms with van der Waals surface area (Å²) in [7, 11) is 0. The average molecular weight is 184 g/mol. The summed E-state index contributed by atoms with van der Waals surface area (Å²) in [6.45, 7) is 2.00. The summed E-state index contributed by atoms with van der Waals surface area (Å²) in [5, 5.41) is 0. The molecular weight excluding hydrogens is 168 g/mol. The minimum absolute atomic E-state index is 0.115. The van der Waals surface area contributed by atoms with Crippen LogP contribution in [0.1, 0.15) is 39.0 Å². The van der Waals surface area contributed by atoms with E-state index in [1.54, 1.807) is 0 Å².